The Morgan fingerprint density at radius 3 is 2.52 bits per heavy atom. The van der Waals surface area contributed by atoms with Gasteiger partial charge < -0.3 is 10.6 Å². The lowest BCUT2D eigenvalue weighted by molar-refractivity contribution is -0.124. The summed E-state index contributed by atoms with van der Waals surface area (Å²) in [7, 11) is 0. The topological polar surface area (TPSA) is 107 Å². The van der Waals surface area contributed by atoms with Gasteiger partial charge in [-0.05, 0) is 42.5 Å². The molecule has 7 heteroatoms. The van der Waals surface area contributed by atoms with Crippen molar-refractivity contribution in [1.82, 2.24) is 5.32 Å². The van der Waals surface area contributed by atoms with Crippen molar-refractivity contribution in [2.75, 3.05) is 18.4 Å². The summed E-state index contributed by atoms with van der Waals surface area (Å²) in [6.07, 6.45) is 3.63. The quantitative estimate of drug-likeness (QED) is 0.299. The lowest BCUT2D eigenvalue weighted by Gasteiger charge is -2.07. The Labute approximate surface area is 136 Å². The standard InChI is InChI=1S/C16H23N5O2/c1-2-13-7-9-14(10-8-13)20-16(23)12-18-15(22)6-4-3-5-11-19-21-17/h7-10H,2-6,11-12H2,1H3,(H,18,22)(H,20,23). The molecule has 1 aromatic carbocycles. The zero-order valence-corrected chi connectivity index (χ0v) is 13.4. The molecule has 0 aliphatic carbocycles. The van der Waals surface area contributed by atoms with Crippen molar-refractivity contribution >= 4 is 17.5 Å². The first kappa shape index (κ1) is 18.5. The summed E-state index contributed by atoms with van der Waals surface area (Å²) >= 11 is 0. The first-order valence-corrected chi connectivity index (χ1v) is 7.82. The predicted octanol–water partition coefficient (Wildman–Crippen LogP) is 3.17. The number of nitrogens with one attached hydrogen (secondary N) is 2. The third kappa shape index (κ3) is 8.48. The summed E-state index contributed by atoms with van der Waals surface area (Å²) < 4.78 is 0. The highest BCUT2D eigenvalue weighted by molar-refractivity contribution is 5.94. The number of carbonyl (C=O) groups excluding carboxylic acids is 2. The summed E-state index contributed by atoms with van der Waals surface area (Å²) in [4.78, 5) is 26.0. The fraction of sp³-hybridized carbons (Fsp3) is 0.500. The largest absolute Gasteiger partial charge is 0.347 e. The monoisotopic (exact) mass is 317 g/mol. The maximum absolute atomic E-state index is 11.7. The van der Waals surface area contributed by atoms with E-state index in [0.29, 0.717) is 19.4 Å². The van der Waals surface area contributed by atoms with Crippen LogP contribution in [0, 0.1) is 0 Å². The Bertz CT molecular complexity index is 550. The van der Waals surface area contributed by atoms with Gasteiger partial charge in [0, 0.05) is 23.6 Å². The van der Waals surface area contributed by atoms with Crippen LogP contribution in [0.25, 0.3) is 10.4 Å². The molecule has 0 saturated carbocycles. The molecule has 0 unspecified atom stereocenters. The summed E-state index contributed by atoms with van der Waals surface area (Å²) in [5.74, 6) is -0.392. The summed E-state index contributed by atoms with van der Waals surface area (Å²) in [6, 6.07) is 7.62. The van der Waals surface area contributed by atoms with Crippen LogP contribution in [0.1, 0.15) is 38.2 Å². The van der Waals surface area contributed by atoms with Gasteiger partial charge in [0.15, 0.2) is 0 Å². The van der Waals surface area contributed by atoms with Crippen LogP contribution in [0.3, 0.4) is 0 Å². The Balaban J connectivity index is 2.16. The highest BCUT2D eigenvalue weighted by atomic mass is 16.2. The number of azide groups is 1. The van der Waals surface area contributed by atoms with Crippen molar-refractivity contribution in [3.8, 4) is 0 Å². The van der Waals surface area contributed by atoms with E-state index < -0.39 is 0 Å². The van der Waals surface area contributed by atoms with E-state index in [2.05, 4.69) is 27.6 Å². The number of carbonyl (C=O) groups is 2. The van der Waals surface area contributed by atoms with E-state index in [9.17, 15) is 9.59 Å². The van der Waals surface area contributed by atoms with E-state index in [1.807, 2.05) is 24.3 Å². The lowest BCUT2D eigenvalue weighted by Crippen LogP contribution is -2.32. The van der Waals surface area contributed by atoms with Crippen LogP contribution in [0.5, 0.6) is 0 Å². The molecule has 1 aromatic rings. The van der Waals surface area contributed by atoms with Gasteiger partial charge in [-0.3, -0.25) is 9.59 Å². The van der Waals surface area contributed by atoms with Crippen molar-refractivity contribution in [1.29, 1.82) is 0 Å². The zero-order valence-electron chi connectivity index (χ0n) is 13.4. The van der Waals surface area contributed by atoms with Gasteiger partial charge in [0.05, 0.1) is 6.54 Å². The van der Waals surface area contributed by atoms with Crippen molar-refractivity contribution in [3.05, 3.63) is 40.3 Å². The molecule has 7 nitrogen and oxygen atoms in total. The fourth-order valence-corrected chi connectivity index (χ4v) is 1.99. The molecule has 0 spiro atoms. The minimum Gasteiger partial charge on any atom is -0.347 e. The van der Waals surface area contributed by atoms with E-state index >= 15 is 0 Å². The molecule has 2 N–H and O–H groups in total. The normalized spacial score (nSPS) is 9.78. The summed E-state index contributed by atoms with van der Waals surface area (Å²) in [5, 5.41) is 8.76. The SMILES string of the molecule is CCc1ccc(NC(=O)CNC(=O)CCCCCN=[N+]=[N-])cc1. The van der Waals surface area contributed by atoms with Gasteiger partial charge in [-0.15, -0.1) is 0 Å². The second-order valence-corrected chi connectivity index (χ2v) is 5.14. The molecule has 23 heavy (non-hydrogen) atoms. The molecule has 124 valence electrons. The minimum absolute atomic E-state index is 0.0346. The van der Waals surface area contributed by atoms with Gasteiger partial charge in [0.2, 0.25) is 11.8 Å². The first-order chi connectivity index (χ1) is 11.2. The van der Waals surface area contributed by atoms with Gasteiger partial charge in [-0.25, -0.2) is 0 Å². The van der Waals surface area contributed by atoms with Crippen molar-refractivity contribution in [3.63, 3.8) is 0 Å². The molecule has 0 aliphatic heterocycles. The van der Waals surface area contributed by atoms with Crippen LogP contribution in [0.15, 0.2) is 29.4 Å². The molecule has 0 bridgehead atoms. The van der Waals surface area contributed by atoms with Crippen molar-refractivity contribution in [2.45, 2.75) is 39.0 Å². The number of unbranched alkanes of at least 4 members (excludes halogenated alkanes) is 2. The third-order valence-electron chi connectivity index (χ3n) is 3.32. The average molecular weight is 317 g/mol. The number of hydrogen-bond acceptors (Lipinski definition) is 3. The molecule has 0 heterocycles. The lowest BCUT2D eigenvalue weighted by atomic mass is 10.1. The number of amides is 2. The Hall–Kier alpha value is -2.53. The number of benzene rings is 1. The molecule has 0 aliphatic rings. The molecule has 0 atom stereocenters. The van der Waals surface area contributed by atoms with Crippen molar-refractivity contribution in [2.24, 2.45) is 5.11 Å². The highest BCUT2D eigenvalue weighted by Gasteiger charge is 2.06. The molecule has 0 radical (unpaired) electrons. The summed E-state index contributed by atoms with van der Waals surface area (Å²) in [6.45, 7) is 2.49. The van der Waals surface area contributed by atoms with E-state index in [1.54, 1.807) is 0 Å². The number of anilines is 1. The molecular weight excluding hydrogens is 294 g/mol. The maximum atomic E-state index is 11.7. The Kier molecular flexibility index (Phi) is 8.93. The smallest absolute Gasteiger partial charge is 0.243 e. The van der Waals surface area contributed by atoms with Crippen LogP contribution in [0.4, 0.5) is 5.69 Å². The van der Waals surface area contributed by atoms with Gasteiger partial charge in [-0.2, -0.15) is 0 Å². The molecule has 0 fully saturated rings. The van der Waals surface area contributed by atoms with Gasteiger partial charge >= 0.3 is 0 Å². The highest BCUT2D eigenvalue weighted by Crippen LogP contribution is 2.09. The number of rotatable bonds is 10. The second kappa shape index (κ2) is 11.1. The Morgan fingerprint density at radius 1 is 1.13 bits per heavy atom. The second-order valence-electron chi connectivity index (χ2n) is 5.14. The number of nitrogens with zero attached hydrogens (tertiary/aromatic N) is 3. The zero-order chi connectivity index (χ0) is 16.9. The molecule has 2 amide bonds. The molecule has 0 saturated heterocycles. The minimum atomic E-state index is -0.244. The van der Waals surface area contributed by atoms with E-state index in [4.69, 9.17) is 5.53 Å². The fourth-order valence-electron chi connectivity index (χ4n) is 1.99. The first-order valence-electron chi connectivity index (χ1n) is 7.82. The van der Waals surface area contributed by atoms with Gasteiger partial charge in [-0.1, -0.05) is 30.6 Å². The number of aryl methyl sites for hydroxylation is 1. The third-order valence-corrected chi connectivity index (χ3v) is 3.32. The average Bonchev–Trinajstić information content (AvgIpc) is 2.57. The molecule has 0 aromatic heterocycles. The van der Waals surface area contributed by atoms with Gasteiger partial charge in [0.25, 0.3) is 0 Å². The van der Waals surface area contributed by atoms with Crippen molar-refractivity contribution < 1.29 is 9.59 Å². The van der Waals surface area contributed by atoms with Crippen LogP contribution in [-0.2, 0) is 16.0 Å². The van der Waals surface area contributed by atoms with Crippen LogP contribution in [-0.4, -0.2) is 24.9 Å². The van der Waals surface area contributed by atoms with E-state index in [-0.39, 0.29) is 18.4 Å². The number of hydrogen-bond donors (Lipinski definition) is 2. The van der Waals surface area contributed by atoms with E-state index in [1.165, 1.54) is 5.56 Å². The maximum Gasteiger partial charge on any atom is 0.243 e. The molecule has 1 rings (SSSR count). The summed E-state index contributed by atoms with van der Waals surface area (Å²) in [5.41, 5.74) is 10.0. The Morgan fingerprint density at radius 2 is 1.87 bits per heavy atom. The van der Waals surface area contributed by atoms with E-state index in [0.717, 1.165) is 24.9 Å². The van der Waals surface area contributed by atoms with Crippen LogP contribution in [0.2, 0.25) is 0 Å². The molecular formula is C16H23N5O2. The van der Waals surface area contributed by atoms with Gasteiger partial charge in [0.1, 0.15) is 0 Å². The van der Waals surface area contributed by atoms with Crippen LogP contribution >= 0.6 is 0 Å². The predicted molar refractivity (Wildman–Crippen MR) is 89.9 cm³/mol. The van der Waals surface area contributed by atoms with Crippen LogP contribution < -0.4 is 10.6 Å².